The van der Waals surface area contributed by atoms with Crippen LogP contribution in [0.1, 0.15) is 42.0 Å². The number of hydrogen-bond acceptors (Lipinski definition) is 1. The first kappa shape index (κ1) is 9.50. The highest BCUT2D eigenvalue weighted by Gasteiger charge is 2.27. The topological polar surface area (TPSA) is 22.0 Å². The average Bonchev–Trinajstić information content (AvgIpc) is 2.40. The molecule has 2 heteroatoms. The van der Waals surface area contributed by atoms with E-state index in [1.807, 2.05) is 17.7 Å². The lowest BCUT2D eigenvalue weighted by atomic mass is 9.76. The number of carbonyl (C=O) groups excluding carboxylic acids is 1. The maximum Gasteiger partial charge on any atom is 0.166 e. The maximum atomic E-state index is 10.8. The van der Waals surface area contributed by atoms with Crippen LogP contribution in [0.4, 0.5) is 0 Å². The number of carbonyl (C=O) groups is 1. The van der Waals surface area contributed by atoms with Gasteiger partial charge in [-0.25, -0.2) is 0 Å². The quantitative estimate of drug-likeness (QED) is 0.624. The molecule has 0 atom stereocenters. The standard InChI is InChI=1S/C12H17NO/c1-12(2)5-4-11-9(7-12)6-10(8-14)13(11)3/h6,8H,4-5,7H2,1-3H3. The van der Waals surface area contributed by atoms with Gasteiger partial charge < -0.3 is 4.57 Å². The van der Waals surface area contributed by atoms with Crippen molar-refractivity contribution < 1.29 is 4.79 Å². The zero-order chi connectivity index (χ0) is 10.3. The highest BCUT2D eigenvalue weighted by Crippen LogP contribution is 2.35. The Balaban J connectivity index is 2.45. The number of aldehydes is 1. The van der Waals surface area contributed by atoms with E-state index in [-0.39, 0.29) is 0 Å². The number of hydrogen-bond donors (Lipinski definition) is 0. The van der Waals surface area contributed by atoms with Crippen LogP contribution in [-0.2, 0) is 19.9 Å². The molecule has 14 heavy (non-hydrogen) atoms. The number of fused-ring (bicyclic) bond motifs is 1. The zero-order valence-electron chi connectivity index (χ0n) is 9.13. The molecule has 1 aromatic heterocycles. The van der Waals surface area contributed by atoms with E-state index >= 15 is 0 Å². The van der Waals surface area contributed by atoms with Gasteiger partial charge >= 0.3 is 0 Å². The molecular weight excluding hydrogens is 174 g/mol. The third-order valence-corrected chi connectivity index (χ3v) is 3.31. The Morgan fingerprint density at radius 1 is 1.50 bits per heavy atom. The van der Waals surface area contributed by atoms with E-state index in [4.69, 9.17) is 0 Å². The fourth-order valence-electron chi connectivity index (χ4n) is 2.39. The van der Waals surface area contributed by atoms with Crippen LogP contribution in [-0.4, -0.2) is 10.9 Å². The van der Waals surface area contributed by atoms with E-state index in [0.717, 1.165) is 24.8 Å². The molecule has 2 rings (SSSR count). The number of aromatic nitrogens is 1. The third kappa shape index (κ3) is 1.39. The SMILES string of the molecule is Cn1c(C=O)cc2c1CCC(C)(C)C2. The predicted octanol–water partition coefficient (Wildman–Crippen LogP) is 2.35. The Labute approximate surface area is 84.9 Å². The van der Waals surface area contributed by atoms with E-state index < -0.39 is 0 Å². The second kappa shape index (κ2) is 2.97. The molecular formula is C12H17NO. The van der Waals surface area contributed by atoms with Gasteiger partial charge in [-0.3, -0.25) is 4.79 Å². The van der Waals surface area contributed by atoms with Gasteiger partial charge in [0.05, 0.1) is 5.69 Å². The van der Waals surface area contributed by atoms with Gasteiger partial charge in [-0.15, -0.1) is 0 Å². The van der Waals surface area contributed by atoms with Crippen LogP contribution in [0.3, 0.4) is 0 Å². The maximum absolute atomic E-state index is 10.8. The minimum Gasteiger partial charge on any atom is -0.345 e. The molecule has 0 aliphatic heterocycles. The van der Waals surface area contributed by atoms with E-state index in [0.29, 0.717) is 5.41 Å². The molecule has 0 bridgehead atoms. The van der Waals surface area contributed by atoms with Crippen molar-refractivity contribution in [2.75, 3.05) is 0 Å². The molecule has 1 aromatic rings. The van der Waals surface area contributed by atoms with Crippen LogP contribution in [0.25, 0.3) is 0 Å². The summed E-state index contributed by atoms with van der Waals surface area (Å²) >= 11 is 0. The first-order chi connectivity index (χ1) is 6.53. The van der Waals surface area contributed by atoms with Crippen molar-refractivity contribution in [1.29, 1.82) is 0 Å². The highest BCUT2D eigenvalue weighted by atomic mass is 16.1. The second-order valence-electron chi connectivity index (χ2n) is 5.06. The summed E-state index contributed by atoms with van der Waals surface area (Å²) in [6.45, 7) is 4.59. The molecule has 2 nitrogen and oxygen atoms in total. The van der Waals surface area contributed by atoms with Gasteiger partial charge in [0.25, 0.3) is 0 Å². The van der Waals surface area contributed by atoms with Gasteiger partial charge in [0.15, 0.2) is 6.29 Å². The smallest absolute Gasteiger partial charge is 0.166 e. The number of rotatable bonds is 1. The van der Waals surface area contributed by atoms with Crippen LogP contribution in [0.15, 0.2) is 6.07 Å². The lowest BCUT2D eigenvalue weighted by Gasteiger charge is -2.29. The molecule has 0 amide bonds. The fraction of sp³-hybridized carbons (Fsp3) is 0.583. The van der Waals surface area contributed by atoms with Gasteiger partial charge in [-0.1, -0.05) is 13.8 Å². The Hall–Kier alpha value is -1.05. The molecule has 0 fully saturated rings. The lowest BCUT2D eigenvalue weighted by Crippen LogP contribution is -2.22. The summed E-state index contributed by atoms with van der Waals surface area (Å²) in [5, 5.41) is 0. The first-order valence-corrected chi connectivity index (χ1v) is 5.16. The molecule has 0 saturated carbocycles. The van der Waals surface area contributed by atoms with Crippen molar-refractivity contribution in [1.82, 2.24) is 4.57 Å². The summed E-state index contributed by atoms with van der Waals surface area (Å²) in [6.07, 6.45) is 4.37. The predicted molar refractivity (Wildman–Crippen MR) is 56.6 cm³/mol. The molecule has 0 N–H and O–H groups in total. The highest BCUT2D eigenvalue weighted by molar-refractivity contribution is 5.73. The Morgan fingerprint density at radius 2 is 2.21 bits per heavy atom. The summed E-state index contributed by atoms with van der Waals surface area (Å²) in [7, 11) is 1.99. The largest absolute Gasteiger partial charge is 0.345 e. The third-order valence-electron chi connectivity index (χ3n) is 3.31. The van der Waals surface area contributed by atoms with Gasteiger partial charge in [-0.2, -0.15) is 0 Å². The van der Waals surface area contributed by atoms with Crippen molar-refractivity contribution in [3.63, 3.8) is 0 Å². The van der Waals surface area contributed by atoms with E-state index in [1.165, 1.54) is 17.7 Å². The minimum atomic E-state index is 0.397. The van der Waals surface area contributed by atoms with Crippen molar-refractivity contribution >= 4 is 6.29 Å². The Kier molecular flexibility index (Phi) is 2.02. The molecule has 1 heterocycles. The van der Waals surface area contributed by atoms with Crippen molar-refractivity contribution in [2.24, 2.45) is 12.5 Å². The van der Waals surface area contributed by atoms with E-state index in [1.54, 1.807) is 0 Å². The van der Waals surface area contributed by atoms with Gasteiger partial charge in [0.1, 0.15) is 0 Å². The van der Waals surface area contributed by atoms with Gasteiger partial charge in [0, 0.05) is 12.7 Å². The lowest BCUT2D eigenvalue weighted by molar-refractivity contribution is 0.111. The minimum absolute atomic E-state index is 0.397. The first-order valence-electron chi connectivity index (χ1n) is 5.16. The summed E-state index contributed by atoms with van der Waals surface area (Å²) < 4.78 is 2.04. The van der Waals surface area contributed by atoms with Crippen molar-refractivity contribution in [3.8, 4) is 0 Å². The van der Waals surface area contributed by atoms with Gasteiger partial charge in [-0.05, 0) is 36.3 Å². The average molecular weight is 191 g/mol. The van der Waals surface area contributed by atoms with Gasteiger partial charge in [0.2, 0.25) is 0 Å². The summed E-state index contributed by atoms with van der Waals surface area (Å²) in [6, 6.07) is 2.04. The molecule has 1 aliphatic carbocycles. The molecule has 1 aliphatic rings. The van der Waals surface area contributed by atoms with Crippen molar-refractivity contribution in [3.05, 3.63) is 23.0 Å². The Morgan fingerprint density at radius 3 is 2.86 bits per heavy atom. The van der Waals surface area contributed by atoms with E-state index in [2.05, 4.69) is 13.8 Å². The molecule has 0 saturated heterocycles. The van der Waals surface area contributed by atoms with Crippen LogP contribution in [0.5, 0.6) is 0 Å². The van der Waals surface area contributed by atoms with Crippen LogP contribution >= 0.6 is 0 Å². The van der Waals surface area contributed by atoms with Crippen molar-refractivity contribution in [2.45, 2.75) is 33.1 Å². The zero-order valence-corrected chi connectivity index (χ0v) is 9.13. The van der Waals surface area contributed by atoms with Crippen LogP contribution in [0, 0.1) is 5.41 Å². The molecule has 0 spiro atoms. The summed E-state index contributed by atoms with van der Waals surface area (Å²) in [5.41, 5.74) is 3.93. The molecule has 76 valence electrons. The second-order valence-corrected chi connectivity index (χ2v) is 5.06. The van der Waals surface area contributed by atoms with E-state index in [9.17, 15) is 4.79 Å². The van der Waals surface area contributed by atoms with Crippen LogP contribution < -0.4 is 0 Å². The molecule has 0 unspecified atom stereocenters. The summed E-state index contributed by atoms with van der Waals surface area (Å²) in [4.78, 5) is 10.8. The molecule has 0 aromatic carbocycles. The monoisotopic (exact) mass is 191 g/mol. The summed E-state index contributed by atoms with van der Waals surface area (Å²) in [5.74, 6) is 0. The molecule has 0 radical (unpaired) electrons. The Bertz CT molecular complexity index is 374. The normalized spacial score (nSPS) is 19.1. The number of nitrogens with zero attached hydrogens (tertiary/aromatic N) is 1. The van der Waals surface area contributed by atoms with Crippen LogP contribution in [0.2, 0.25) is 0 Å². The fourth-order valence-corrected chi connectivity index (χ4v) is 2.39.